The quantitative estimate of drug-likeness (QED) is 0.795. The van der Waals surface area contributed by atoms with E-state index >= 15 is 0 Å². The zero-order valence-corrected chi connectivity index (χ0v) is 10.3. The van der Waals surface area contributed by atoms with Crippen molar-refractivity contribution in [3.05, 3.63) is 40.8 Å². The van der Waals surface area contributed by atoms with Crippen molar-refractivity contribution in [3.8, 4) is 11.3 Å². The van der Waals surface area contributed by atoms with Crippen LogP contribution in [0.15, 0.2) is 24.3 Å². The lowest BCUT2D eigenvalue weighted by molar-refractivity contribution is 0.628. The molecular formula is C12H14ClFN2. The first-order valence-electron chi connectivity index (χ1n) is 5.13. The minimum Gasteiger partial charge on any atom is -0.282 e. The number of rotatable bonds is 1. The predicted octanol–water partition coefficient (Wildman–Crippen LogP) is 4.20. The number of hydrogen-bond donors (Lipinski definition) is 1. The minimum atomic E-state index is -0.354. The third-order valence-corrected chi connectivity index (χ3v) is 2.08. The molecule has 1 aromatic carbocycles. The van der Waals surface area contributed by atoms with Crippen LogP contribution >= 0.6 is 11.6 Å². The van der Waals surface area contributed by atoms with Crippen LogP contribution < -0.4 is 0 Å². The molecule has 0 aliphatic rings. The maximum Gasteiger partial charge on any atom is 0.125 e. The third kappa shape index (κ3) is 3.07. The summed E-state index contributed by atoms with van der Waals surface area (Å²) in [6, 6.07) is 6.19. The van der Waals surface area contributed by atoms with Gasteiger partial charge >= 0.3 is 0 Å². The zero-order chi connectivity index (χ0) is 12.1. The summed E-state index contributed by atoms with van der Waals surface area (Å²) in [6.07, 6.45) is 0. The lowest BCUT2D eigenvalue weighted by Gasteiger charge is -1.97. The van der Waals surface area contributed by atoms with Gasteiger partial charge in [0.1, 0.15) is 5.82 Å². The normalized spacial score (nSPS) is 9.56. The third-order valence-electron chi connectivity index (χ3n) is 1.86. The van der Waals surface area contributed by atoms with Gasteiger partial charge in [-0.1, -0.05) is 25.4 Å². The number of benzene rings is 1. The molecule has 2 aromatic rings. The van der Waals surface area contributed by atoms with Crippen molar-refractivity contribution in [2.45, 2.75) is 20.8 Å². The van der Waals surface area contributed by atoms with Gasteiger partial charge in [-0.3, -0.25) is 5.10 Å². The van der Waals surface area contributed by atoms with Crippen molar-refractivity contribution in [1.82, 2.24) is 10.2 Å². The summed E-state index contributed by atoms with van der Waals surface area (Å²) in [4.78, 5) is 0. The number of aryl methyl sites for hydroxylation is 1. The van der Waals surface area contributed by atoms with E-state index in [2.05, 4.69) is 10.2 Å². The molecule has 1 N–H and O–H groups in total. The Labute approximate surface area is 99.5 Å². The molecule has 4 heteroatoms. The van der Waals surface area contributed by atoms with Gasteiger partial charge < -0.3 is 0 Å². The number of nitrogens with zero attached hydrogens (tertiary/aromatic N) is 1. The summed E-state index contributed by atoms with van der Waals surface area (Å²) in [6.45, 7) is 5.89. The second-order valence-electron chi connectivity index (χ2n) is 3.09. The highest BCUT2D eigenvalue weighted by molar-refractivity contribution is 6.30. The smallest absolute Gasteiger partial charge is 0.125 e. The van der Waals surface area contributed by atoms with E-state index in [0.717, 1.165) is 5.69 Å². The van der Waals surface area contributed by atoms with Gasteiger partial charge in [0.25, 0.3) is 0 Å². The summed E-state index contributed by atoms with van der Waals surface area (Å²) in [7, 11) is 0. The Morgan fingerprint density at radius 3 is 2.38 bits per heavy atom. The van der Waals surface area contributed by atoms with E-state index in [4.69, 9.17) is 11.6 Å². The molecule has 0 unspecified atom stereocenters. The van der Waals surface area contributed by atoms with Crippen molar-refractivity contribution in [2.75, 3.05) is 0 Å². The summed E-state index contributed by atoms with van der Waals surface area (Å²) in [5.74, 6) is -0.354. The Balaban J connectivity index is 0.000000606. The lowest BCUT2D eigenvalue weighted by atomic mass is 10.1. The van der Waals surface area contributed by atoms with E-state index in [-0.39, 0.29) is 5.82 Å². The first kappa shape index (κ1) is 12.7. The molecule has 0 bridgehead atoms. The van der Waals surface area contributed by atoms with Gasteiger partial charge in [-0.2, -0.15) is 5.10 Å². The van der Waals surface area contributed by atoms with Crippen LogP contribution in [0.25, 0.3) is 11.3 Å². The van der Waals surface area contributed by atoms with E-state index in [9.17, 15) is 4.39 Å². The van der Waals surface area contributed by atoms with Crippen LogP contribution in [0.5, 0.6) is 0 Å². The molecule has 0 radical (unpaired) electrons. The van der Waals surface area contributed by atoms with Crippen LogP contribution in [-0.2, 0) is 0 Å². The van der Waals surface area contributed by atoms with Crippen LogP contribution in [-0.4, -0.2) is 10.2 Å². The van der Waals surface area contributed by atoms with Crippen molar-refractivity contribution in [2.24, 2.45) is 0 Å². The number of nitrogens with one attached hydrogen (secondary N) is 1. The molecule has 0 saturated carbocycles. The monoisotopic (exact) mass is 240 g/mol. The standard InChI is InChI=1S/C10H8ClFN2.C2H6/c1-6-2-10(14-13-6)7-3-8(11)5-9(12)4-7;1-2/h2-5H,1H3,(H,13,14);1-2H3. The molecule has 0 fully saturated rings. The Morgan fingerprint density at radius 1 is 1.19 bits per heavy atom. The average molecular weight is 241 g/mol. The molecule has 0 atom stereocenters. The van der Waals surface area contributed by atoms with E-state index < -0.39 is 0 Å². The van der Waals surface area contributed by atoms with Crippen molar-refractivity contribution < 1.29 is 4.39 Å². The van der Waals surface area contributed by atoms with Crippen molar-refractivity contribution in [1.29, 1.82) is 0 Å². The fourth-order valence-electron chi connectivity index (χ4n) is 1.27. The first-order valence-corrected chi connectivity index (χ1v) is 5.51. The van der Waals surface area contributed by atoms with E-state index in [0.29, 0.717) is 16.3 Å². The number of hydrogen-bond acceptors (Lipinski definition) is 1. The van der Waals surface area contributed by atoms with Crippen LogP contribution in [0.4, 0.5) is 4.39 Å². The molecule has 0 spiro atoms. The highest BCUT2D eigenvalue weighted by Crippen LogP contribution is 2.22. The Bertz CT molecular complexity index is 446. The first-order chi connectivity index (χ1) is 7.65. The lowest BCUT2D eigenvalue weighted by Crippen LogP contribution is -1.81. The highest BCUT2D eigenvalue weighted by Gasteiger charge is 2.04. The molecule has 2 nitrogen and oxygen atoms in total. The number of H-pyrrole nitrogens is 1. The van der Waals surface area contributed by atoms with Crippen LogP contribution in [0.3, 0.4) is 0 Å². The van der Waals surface area contributed by atoms with Crippen molar-refractivity contribution in [3.63, 3.8) is 0 Å². The van der Waals surface area contributed by atoms with Gasteiger partial charge in [0, 0.05) is 16.3 Å². The van der Waals surface area contributed by atoms with E-state index in [1.165, 1.54) is 12.1 Å². The Kier molecular flexibility index (Phi) is 4.50. The maximum atomic E-state index is 13.0. The summed E-state index contributed by atoms with van der Waals surface area (Å²) in [5.41, 5.74) is 2.31. The molecule has 0 aliphatic carbocycles. The number of halogens is 2. The molecule has 1 aromatic heterocycles. The molecule has 0 amide bonds. The second kappa shape index (κ2) is 5.66. The second-order valence-corrected chi connectivity index (χ2v) is 3.53. The highest BCUT2D eigenvalue weighted by atomic mass is 35.5. The molecule has 16 heavy (non-hydrogen) atoms. The van der Waals surface area contributed by atoms with Crippen molar-refractivity contribution >= 4 is 11.6 Å². The van der Waals surface area contributed by atoms with Gasteiger partial charge in [-0.05, 0) is 31.2 Å². The largest absolute Gasteiger partial charge is 0.282 e. The van der Waals surface area contributed by atoms with E-state index in [1.54, 1.807) is 6.07 Å². The van der Waals surface area contributed by atoms with Crippen LogP contribution in [0, 0.1) is 12.7 Å². The summed E-state index contributed by atoms with van der Waals surface area (Å²) in [5, 5.41) is 7.18. The Morgan fingerprint density at radius 2 is 1.88 bits per heavy atom. The molecule has 0 aliphatic heterocycles. The summed E-state index contributed by atoms with van der Waals surface area (Å²) >= 11 is 5.73. The fourth-order valence-corrected chi connectivity index (χ4v) is 1.49. The molecule has 86 valence electrons. The van der Waals surface area contributed by atoms with Gasteiger partial charge in [0.2, 0.25) is 0 Å². The molecular weight excluding hydrogens is 227 g/mol. The average Bonchev–Trinajstić information content (AvgIpc) is 2.66. The Hall–Kier alpha value is -1.35. The number of aromatic nitrogens is 2. The van der Waals surface area contributed by atoms with Gasteiger partial charge in [-0.25, -0.2) is 4.39 Å². The maximum absolute atomic E-state index is 13.0. The van der Waals surface area contributed by atoms with Gasteiger partial charge in [0.15, 0.2) is 0 Å². The van der Waals surface area contributed by atoms with Crippen LogP contribution in [0.1, 0.15) is 19.5 Å². The molecule has 1 heterocycles. The molecule has 0 saturated heterocycles. The van der Waals surface area contributed by atoms with Gasteiger partial charge in [-0.15, -0.1) is 0 Å². The zero-order valence-electron chi connectivity index (χ0n) is 9.51. The summed E-state index contributed by atoms with van der Waals surface area (Å²) < 4.78 is 13.0. The topological polar surface area (TPSA) is 28.7 Å². The molecule has 2 rings (SSSR count). The fraction of sp³-hybridized carbons (Fsp3) is 0.250. The SMILES string of the molecule is CC.Cc1cc(-c2cc(F)cc(Cl)c2)n[nH]1. The van der Waals surface area contributed by atoms with E-state index in [1.807, 2.05) is 26.8 Å². The van der Waals surface area contributed by atoms with Gasteiger partial charge in [0.05, 0.1) is 5.69 Å². The van der Waals surface area contributed by atoms with Crippen LogP contribution in [0.2, 0.25) is 5.02 Å². The predicted molar refractivity (Wildman–Crippen MR) is 65.1 cm³/mol. The minimum absolute atomic E-state index is 0.354. The number of aromatic amines is 1.